The lowest BCUT2D eigenvalue weighted by Crippen LogP contribution is -2.07. The van der Waals surface area contributed by atoms with Gasteiger partial charge in [0.25, 0.3) is 5.69 Å². The van der Waals surface area contributed by atoms with Gasteiger partial charge in [0.05, 0.1) is 21.6 Å². The van der Waals surface area contributed by atoms with Crippen LogP contribution in [0.3, 0.4) is 0 Å². The minimum Gasteiger partial charge on any atom is -0.379 e. The Morgan fingerprint density at radius 3 is 2.95 bits per heavy atom. The molecule has 6 nitrogen and oxygen atoms in total. The summed E-state index contributed by atoms with van der Waals surface area (Å²) in [6, 6.07) is 6.28. The molecule has 0 bridgehead atoms. The summed E-state index contributed by atoms with van der Waals surface area (Å²) < 4.78 is 0. The Bertz CT molecular complexity index is 675. The molecule has 1 aromatic heterocycles. The van der Waals surface area contributed by atoms with E-state index >= 15 is 0 Å². The van der Waals surface area contributed by atoms with Crippen molar-refractivity contribution in [3.05, 3.63) is 50.0 Å². The van der Waals surface area contributed by atoms with Crippen molar-refractivity contribution in [2.45, 2.75) is 13.3 Å². The lowest BCUT2D eigenvalue weighted by molar-refractivity contribution is -0.384. The first kappa shape index (κ1) is 14.0. The monoisotopic (exact) mass is 288 g/mol. The predicted molar refractivity (Wildman–Crippen MR) is 76.9 cm³/mol. The van der Waals surface area contributed by atoms with E-state index < -0.39 is 4.92 Å². The molecule has 0 aliphatic heterocycles. The standard InChI is InChI=1S/C13H12N4O2S/c1-9-8-20-13(16-9)4-5-15-11-3-2-10(7-14)6-12(11)17(18)19/h2-3,6,8,15H,4-5H2,1H3. The van der Waals surface area contributed by atoms with E-state index in [1.54, 1.807) is 23.5 Å². The molecule has 2 aromatic rings. The highest BCUT2D eigenvalue weighted by Gasteiger charge is 2.14. The zero-order valence-electron chi connectivity index (χ0n) is 10.8. The molecule has 1 N–H and O–H groups in total. The van der Waals surface area contributed by atoms with Crippen LogP contribution in [0.15, 0.2) is 23.6 Å². The molecule has 0 radical (unpaired) electrons. The highest BCUT2D eigenvalue weighted by Crippen LogP contribution is 2.25. The Balaban J connectivity index is 2.05. The molecular formula is C13H12N4O2S. The molecule has 0 aliphatic carbocycles. The summed E-state index contributed by atoms with van der Waals surface area (Å²) in [5, 5.41) is 25.7. The number of hydrogen-bond acceptors (Lipinski definition) is 6. The maximum atomic E-state index is 11.0. The predicted octanol–water partition coefficient (Wildman–Crippen LogP) is 2.89. The van der Waals surface area contributed by atoms with E-state index in [-0.39, 0.29) is 11.3 Å². The number of nitrogens with one attached hydrogen (secondary N) is 1. The van der Waals surface area contributed by atoms with Crippen LogP contribution in [0.25, 0.3) is 0 Å². The van der Waals surface area contributed by atoms with Crippen LogP contribution >= 0.6 is 11.3 Å². The lowest BCUT2D eigenvalue weighted by Gasteiger charge is -2.06. The number of anilines is 1. The number of nitro groups is 1. The summed E-state index contributed by atoms with van der Waals surface area (Å²) in [7, 11) is 0. The summed E-state index contributed by atoms with van der Waals surface area (Å²) >= 11 is 1.57. The zero-order valence-corrected chi connectivity index (χ0v) is 11.6. The second kappa shape index (κ2) is 6.12. The Morgan fingerprint density at radius 1 is 1.55 bits per heavy atom. The quantitative estimate of drug-likeness (QED) is 0.674. The molecule has 20 heavy (non-hydrogen) atoms. The smallest absolute Gasteiger partial charge is 0.293 e. The van der Waals surface area contributed by atoms with Crippen molar-refractivity contribution in [2.75, 3.05) is 11.9 Å². The van der Waals surface area contributed by atoms with Crippen LogP contribution in [0.1, 0.15) is 16.3 Å². The van der Waals surface area contributed by atoms with Gasteiger partial charge in [0, 0.05) is 30.1 Å². The number of nitro benzene ring substituents is 1. The van der Waals surface area contributed by atoms with E-state index in [9.17, 15) is 10.1 Å². The Labute approximate surface area is 119 Å². The van der Waals surface area contributed by atoms with E-state index in [0.717, 1.165) is 10.7 Å². The SMILES string of the molecule is Cc1csc(CCNc2ccc(C#N)cc2[N+](=O)[O-])n1. The topological polar surface area (TPSA) is 91.8 Å². The van der Waals surface area contributed by atoms with Crippen LogP contribution in [0.2, 0.25) is 0 Å². The maximum absolute atomic E-state index is 11.0. The first-order chi connectivity index (χ1) is 9.60. The van der Waals surface area contributed by atoms with Gasteiger partial charge in [0.2, 0.25) is 0 Å². The molecule has 1 aromatic carbocycles. The summed E-state index contributed by atoms with van der Waals surface area (Å²) in [5.41, 5.74) is 1.59. The van der Waals surface area contributed by atoms with Crippen LogP contribution in [-0.2, 0) is 6.42 Å². The van der Waals surface area contributed by atoms with Crippen molar-refractivity contribution in [3.63, 3.8) is 0 Å². The van der Waals surface area contributed by atoms with Gasteiger partial charge in [0.1, 0.15) is 5.69 Å². The van der Waals surface area contributed by atoms with Crippen LogP contribution in [0.4, 0.5) is 11.4 Å². The van der Waals surface area contributed by atoms with Crippen molar-refractivity contribution in [2.24, 2.45) is 0 Å². The van der Waals surface area contributed by atoms with Gasteiger partial charge in [-0.2, -0.15) is 5.26 Å². The molecule has 0 saturated carbocycles. The van der Waals surface area contributed by atoms with Crippen molar-refractivity contribution in [3.8, 4) is 6.07 Å². The number of benzene rings is 1. The highest BCUT2D eigenvalue weighted by atomic mass is 32.1. The van der Waals surface area contributed by atoms with Gasteiger partial charge < -0.3 is 5.32 Å². The molecular weight excluding hydrogens is 276 g/mol. The number of aromatic nitrogens is 1. The number of nitrogens with zero attached hydrogens (tertiary/aromatic N) is 3. The fourth-order valence-electron chi connectivity index (χ4n) is 1.72. The van der Waals surface area contributed by atoms with Gasteiger partial charge in [-0.3, -0.25) is 10.1 Å². The fraction of sp³-hybridized carbons (Fsp3) is 0.231. The second-order valence-electron chi connectivity index (χ2n) is 4.16. The Hall–Kier alpha value is -2.46. The van der Waals surface area contributed by atoms with Crippen LogP contribution in [0.5, 0.6) is 0 Å². The van der Waals surface area contributed by atoms with Gasteiger partial charge >= 0.3 is 0 Å². The van der Waals surface area contributed by atoms with E-state index in [1.807, 2.05) is 18.4 Å². The zero-order chi connectivity index (χ0) is 14.5. The highest BCUT2D eigenvalue weighted by molar-refractivity contribution is 7.09. The summed E-state index contributed by atoms with van der Waals surface area (Å²) in [6.07, 6.45) is 0.704. The van der Waals surface area contributed by atoms with Gasteiger partial charge in [0.15, 0.2) is 0 Å². The van der Waals surface area contributed by atoms with Crippen molar-refractivity contribution in [1.82, 2.24) is 4.98 Å². The number of hydrogen-bond donors (Lipinski definition) is 1. The third-order valence-corrected chi connectivity index (χ3v) is 3.67. The number of thiazole rings is 1. The maximum Gasteiger partial charge on any atom is 0.293 e. The summed E-state index contributed by atoms with van der Waals surface area (Å²) in [4.78, 5) is 14.8. The summed E-state index contributed by atoms with van der Waals surface area (Å²) in [5.74, 6) is 0. The van der Waals surface area contributed by atoms with Crippen molar-refractivity contribution < 1.29 is 4.92 Å². The average molecular weight is 288 g/mol. The average Bonchev–Trinajstić information content (AvgIpc) is 2.84. The fourth-order valence-corrected chi connectivity index (χ4v) is 2.50. The van der Waals surface area contributed by atoms with Crippen LogP contribution in [-0.4, -0.2) is 16.5 Å². The first-order valence-electron chi connectivity index (χ1n) is 5.93. The molecule has 7 heteroatoms. The minimum atomic E-state index is -0.489. The lowest BCUT2D eigenvalue weighted by atomic mass is 10.2. The van der Waals surface area contributed by atoms with E-state index in [1.165, 1.54) is 6.07 Å². The number of aryl methyl sites for hydroxylation is 1. The normalized spacial score (nSPS) is 10.0. The minimum absolute atomic E-state index is 0.0839. The van der Waals surface area contributed by atoms with E-state index in [4.69, 9.17) is 5.26 Å². The molecule has 0 saturated heterocycles. The molecule has 2 rings (SSSR count). The van der Waals surface area contributed by atoms with Gasteiger partial charge in [-0.15, -0.1) is 11.3 Å². The summed E-state index contributed by atoms with van der Waals surface area (Å²) in [6.45, 7) is 2.48. The Morgan fingerprint density at radius 2 is 2.35 bits per heavy atom. The largest absolute Gasteiger partial charge is 0.379 e. The Kier molecular flexibility index (Phi) is 4.27. The van der Waals surface area contributed by atoms with Crippen LogP contribution in [0, 0.1) is 28.4 Å². The van der Waals surface area contributed by atoms with E-state index in [2.05, 4.69) is 10.3 Å². The van der Waals surface area contributed by atoms with Gasteiger partial charge in [-0.25, -0.2) is 4.98 Å². The van der Waals surface area contributed by atoms with Crippen molar-refractivity contribution >= 4 is 22.7 Å². The molecule has 0 spiro atoms. The molecule has 0 aliphatic rings. The molecule has 0 fully saturated rings. The third-order valence-electron chi connectivity index (χ3n) is 2.64. The molecule has 0 atom stereocenters. The van der Waals surface area contributed by atoms with Crippen LogP contribution < -0.4 is 5.32 Å². The first-order valence-corrected chi connectivity index (χ1v) is 6.81. The molecule has 102 valence electrons. The third kappa shape index (κ3) is 3.30. The molecule has 0 amide bonds. The van der Waals surface area contributed by atoms with Gasteiger partial charge in [-0.05, 0) is 19.1 Å². The van der Waals surface area contributed by atoms with Gasteiger partial charge in [-0.1, -0.05) is 0 Å². The molecule has 0 unspecified atom stereocenters. The number of rotatable bonds is 5. The number of nitriles is 1. The van der Waals surface area contributed by atoms with E-state index in [0.29, 0.717) is 18.7 Å². The molecule has 1 heterocycles. The van der Waals surface area contributed by atoms with Crippen molar-refractivity contribution in [1.29, 1.82) is 5.26 Å². The second-order valence-corrected chi connectivity index (χ2v) is 5.10.